The lowest BCUT2D eigenvalue weighted by Gasteiger charge is -2.17. The topological polar surface area (TPSA) is 79.8 Å². The molecule has 1 atom stereocenters. The van der Waals surface area contributed by atoms with Crippen molar-refractivity contribution in [2.24, 2.45) is 4.99 Å². The van der Waals surface area contributed by atoms with Crippen molar-refractivity contribution in [2.75, 3.05) is 26.4 Å². The van der Waals surface area contributed by atoms with Gasteiger partial charge in [0.2, 0.25) is 0 Å². The lowest BCUT2D eigenvalue weighted by Crippen LogP contribution is -2.42. The van der Waals surface area contributed by atoms with Crippen LogP contribution in [0.5, 0.6) is 5.75 Å². The van der Waals surface area contributed by atoms with Crippen molar-refractivity contribution < 1.29 is 17.5 Å². The minimum atomic E-state index is -3.17. The molecule has 0 aliphatic rings. The molecule has 0 radical (unpaired) electrons. The number of nitrogens with one attached hydrogen (secondary N) is 2. The molecule has 152 valence electrons. The van der Waals surface area contributed by atoms with E-state index in [0.29, 0.717) is 29.7 Å². The first-order valence-corrected chi connectivity index (χ1v) is 10.8. The second kappa shape index (κ2) is 10.1. The van der Waals surface area contributed by atoms with Gasteiger partial charge in [0.25, 0.3) is 0 Å². The summed E-state index contributed by atoms with van der Waals surface area (Å²) in [5.41, 5.74) is 1.03. The van der Waals surface area contributed by atoms with E-state index in [1.807, 2.05) is 19.1 Å². The van der Waals surface area contributed by atoms with Gasteiger partial charge in [0.05, 0.1) is 11.4 Å². The first-order chi connectivity index (χ1) is 13.3. The third kappa shape index (κ3) is 7.19. The van der Waals surface area contributed by atoms with Crippen molar-refractivity contribution >= 4 is 15.8 Å². The molecule has 0 fully saturated rings. The van der Waals surface area contributed by atoms with Crippen LogP contribution in [0.4, 0.5) is 4.39 Å². The van der Waals surface area contributed by atoms with Crippen LogP contribution in [0.3, 0.4) is 0 Å². The second-order valence-electron chi connectivity index (χ2n) is 6.43. The highest BCUT2D eigenvalue weighted by Gasteiger charge is 2.07. The first kappa shape index (κ1) is 21.7. The normalized spacial score (nSPS) is 13.1. The first-order valence-electron chi connectivity index (χ1n) is 8.93. The van der Waals surface area contributed by atoms with Gasteiger partial charge >= 0.3 is 0 Å². The molecule has 8 heteroatoms. The maximum Gasteiger partial charge on any atom is 0.191 e. The number of hydrogen-bond acceptors (Lipinski definition) is 4. The zero-order valence-electron chi connectivity index (χ0n) is 16.3. The van der Waals surface area contributed by atoms with Crippen LogP contribution < -0.4 is 15.4 Å². The van der Waals surface area contributed by atoms with E-state index in [1.165, 1.54) is 18.4 Å². The smallest absolute Gasteiger partial charge is 0.191 e. The minimum Gasteiger partial charge on any atom is -0.489 e. The Morgan fingerprint density at radius 3 is 2.32 bits per heavy atom. The van der Waals surface area contributed by atoms with Gasteiger partial charge < -0.3 is 15.4 Å². The Hall–Kier alpha value is -2.61. The number of aliphatic imine (C=N–C) groups is 1. The Bertz CT molecular complexity index is 882. The number of rotatable bonds is 8. The highest BCUT2D eigenvalue weighted by atomic mass is 32.2. The van der Waals surface area contributed by atoms with Crippen LogP contribution in [-0.4, -0.2) is 46.9 Å². The molecule has 0 saturated carbocycles. The Labute approximate surface area is 165 Å². The van der Waals surface area contributed by atoms with Gasteiger partial charge in [0.1, 0.15) is 17.7 Å². The molecule has 2 rings (SSSR count). The Balaban J connectivity index is 1.74. The van der Waals surface area contributed by atoms with E-state index < -0.39 is 9.84 Å². The molecule has 0 spiro atoms. The summed E-state index contributed by atoms with van der Waals surface area (Å²) in [4.78, 5) is 4.48. The van der Waals surface area contributed by atoms with E-state index in [1.54, 1.807) is 31.3 Å². The van der Waals surface area contributed by atoms with Crippen molar-refractivity contribution in [3.05, 3.63) is 59.9 Å². The summed E-state index contributed by atoms with van der Waals surface area (Å²) in [5.74, 6) is 0.951. The zero-order valence-corrected chi connectivity index (χ0v) is 17.1. The number of ether oxygens (including phenoxy) is 1. The Kier molecular flexibility index (Phi) is 7.80. The van der Waals surface area contributed by atoms with Crippen molar-refractivity contribution in [1.82, 2.24) is 10.6 Å². The van der Waals surface area contributed by atoms with Gasteiger partial charge in [-0.25, -0.2) is 12.8 Å². The zero-order chi connectivity index (χ0) is 20.6. The molecule has 2 aromatic carbocycles. The number of benzene rings is 2. The average Bonchev–Trinajstić information content (AvgIpc) is 2.66. The van der Waals surface area contributed by atoms with Crippen LogP contribution in [0.15, 0.2) is 58.4 Å². The number of hydrogen-bond donors (Lipinski definition) is 2. The maximum atomic E-state index is 12.9. The predicted octanol–water partition coefficient (Wildman–Crippen LogP) is 2.40. The largest absolute Gasteiger partial charge is 0.489 e. The van der Waals surface area contributed by atoms with E-state index in [2.05, 4.69) is 15.6 Å². The lowest BCUT2D eigenvalue weighted by molar-refractivity contribution is 0.223. The molecule has 0 heterocycles. The van der Waals surface area contributed by atoms with E-state index in [-0.39, 0.29) is 11.9 Å². The van der Waals surface area contributed by atoms with Crippen molar-refractivity contribution in [1.29, 1.82) is 0 Å². The molecule has 1 unspecified atom stereocenters. The van der Waals surface area contributed by atoms with E-state index >= 15 is 0 Å². The van der Waals surface area contributed by atoms with Crippen LogP contribution in [0.1, 0.15) is 12.5 Å². The van der Waals surface area contributed by atoms with Gasteiger partial charge in [-0.2, -0.15) is 0 Å². The molecule has 6 nitrogen and oxygen atoms in total. The fraction of sp³-hybridized carbons (Fsp3) is 0.350. The predicted molar refractivity (Wildman–Crippen MR) is 109 cm³/mol. The molecule has 0 bridgehead atoms. The van der Waals surface area contributed by atoms with Gasteiger partial charge in [-0.05, 0) is 55.3 Å². The van der Waals surface area contributed by atoms with Gasteiger partial charge in [0, 0.05) is 19.8 Å². The molecule has 0 aromatic heterocycles. The summed E-state index contributed by atoms with van der Waals surface area (Å²) in [7, 11) is -1.49. The number of guanidine groups is 1. The Morgan fingerprint density at radius 1 is 1.11 bits per heavy atom. The van der Waals surface area contributed by atoms with Gasteiger partial charge in [0.15, 0.2) is 15.8 Å². The Morgan fingerprint density at radius 2 is 1.75 bits per heavy atom. The summed E-state index contributed by atoms with van der Waals surface area (Å²) in [6.45, 7) is 3.08. The van der Waals surface area contributed by atoms with E-state index in [4.69, 9.17) is 4.74 Å². The van der Waals surface area contributed by atoms with E-state index in [9.17, 15) is 12.8 Å². The molecule has 0 aliphatic heterocycles. The molecule has 28 heavy (non-hydrogen) atoms. The van der Waals surface area contributed by atoms with Crippen molar-refractivity contribution in [2.45, 2.75) is 24.3 Å². The third-order valence-electron chi connectivity index (χ3n) is 3.99. The highest BCUT2D eigenvalue weighted by Crippen LogP contribution is 2.13. The van der Waals surface area contributed by atoms with Gasteiger partial charge in [-0.15, -0.1) is 0 Å². The van der Waals surface area contributed by atoms with Crippen LogP contribution in [0.25, 0.3) is 0 Å². The monoisotopic (exact) mass is 407 g/mol. The van der Waals surface area contributed by atoms with Crippen molar-refractivity contribution in [3.8, 4) is 5.75 Å². The van der Waals surface area contributed by atoms with Crippen LogP contribution in [-0.2, 0) is 16.3 Å². The fourth-order valence-electron chi connectivity index (χ4n) is 2.48. The number of sulfone groups is 1. The molecule has 0 saturated heterocycles. The molecule has 0 amide bonds. The summed E-state index contributed by atoms with van der Waals surface area (Å²) < 4.78 is 41.6. The summed E-state index contributed by atoms with van der Waals surface area (Å²) in [6.07, 6.45) is 1.79. The SMILES string of the molecule is CN=C(NCCc1ccc(S(C)(=O)=O)cc1)NCC(C)Oc1ccc(F)cc1. The molecule has 2 N–H and O–H groups in total. The number of halogens is 1. The lowest BCUT2D eigenvalue weighted by atomic mass is 10.1. The summed E-state index contributed by atoms with van der Waals surface area (Å²) in [6, 6.07) is 12.8. The van der Waals surface area contributed by atoms with Crippen molar-refractivity contribution in [3.63, 3.8) is 0 Å². The summed E-state index contributed by atoms with van der Waals surface area (Å²) in [5, 5.41) is 6.38. The third-order valence-corrected chi connectivity index (χ3v) is 5.12. The van der Waals surface area contributed by atoms with Crippen LogP contribution in [0.2, 0.25) is 0 Å². The molecular weight excluding hydrogens is 381 g/mol. The minimum absolute atomic E-state index is 0.132. The summed E-state index contributed by atoms with van der Waals surface area (Å²) >= 11 is 0. The molecular formula is C20H26FN3O3S. The van der Waals surface area contributed by atoms with Crippen LogP contribution in [0, 0.1) is 5.82 Å². The van der Waals surface area contributed by atoms with E-state index in [0.717, 1.165) is 12.0 Å². The van der Waals surface area contributed by atoms with Gasteiger partial charge in [-0.3, -0.25) is 4.99 Å². The molecule has 0 aliphatic carbocycles. The maximum absolute atomic E-state index is 12.9. The fourth-order valence-corrected chi connectivity index (χ4v) is 3.11. The average molecular weight is 408 g/mol. The standard InChI is InChI=1S/C20H26FN3O3S/c1-15(27-18-8-6-17(21)7-9-18)14-24-20(22-2)23-13-12-16-4-10-19(11-5-16)28(3,25)26/h4-11,15H,12-14H2,1-3H3,(H2,22,23,24). The molecule has 2 aromatic rings. The highest BCUT2D eigenvalue weighted by molar-refractivity contribution is 7.90. The second-order valence-corrected chi connectivity index (χ2v) is 8.44. The van der Waals surface area contributed by atoms with Crippen LogP contribution >= 0.6 is 0 Å². The number of nitrogens with zero attached hydrogens (tertiary/aromatic N) is 1. The van der Waals surface area contributed by atoms with Gasteiger partial charge in [-0.1, -0.05) is 12.1 Å². The quantitative estimate of drug-likeness (QED) is 0.519.